The van der Waals surface area contributed by atoms with Gasteiger partial charge in [-0.15, -0.1) is 0 Å². The zero-order valence-electron chi connectivity index (χ0n) is 8.68. The van der Waals surface area contributed by atoms with Crippen molar-refractivity contribution in [3.05, 3.63) is 41.5 Å². The Hall–Kier alpha value is -1.42. The van der Waals surface area contributed by atoms with E-state index in [1.54, 1.807) is 18.2 Å². The van der Waals surface area contributed by atoms with Gasteiger partial charge in [-0.25, -0.2) is 4.79 Å². The summed E-state index contributed by atoms with van der Waals surface area (Å²) in [5, 5.41) is 8.49. The van der Waals surface area contributed by atoms with Crippen molar-refractivity contribution in [1.29, 1.82) is 0 Å². The van der Waals surface area contributed by atoms with Gasteiger partial charge in [-0.05, 0) is 24.1 Å². The van der Waals surface area contributed by atoms with Gasteiger partial charge in [0.05, 0.1) is 4.83 Å². The summed E-state index contributed by atoms with van der Waals surface area (Å²) in [6.07, 6.45) is 2.56. The van der Waals surface area contributed by atoms with Crippen molar-refractivity contribution in [3.8, 4) is 0 Å². The van der Waals surface area contributed by atoms with Gasteiger partial charge < -0.3 is 5.11 Å². The standard InChI is InChI=1S/C12H11BrO3/c1-8(14)12(13)10-4-2-3-9(7-10)5-6-11(15)16/h2-7,12H,1H3,(H,15,16)/b6-5+. The maximum atomic E-state index is 11.2. The summed E-state index contributed by atoms with van der Waals surface area (Å²) in [7, 11) is 0. The van der Waals surface area contributed by atoms with Crippen LogP contribution in [-0.2, 0) is 9.59 Å². The molecule has 4 heteroatoms. The summed E-state index contributed by atoms with van der Waals surface area (Å²) in [5.41, 5.74) is 1.57. The first kappa shape index (κ1) is 12.6. The Balaban J connectivity index is 2.95. The maximum absolute atomic E-state index is 11.2. The highest BCUT2D eigenvalue weighted by atomic mass is 79.9. The van der Waals surface area contributed by atoms with E-state index in [0.29, 0.717) is 0 Å². The first-order valence-electron chi connectivity index (χ1n) is 4.66. The first-order valence-corrected chi connectivity index (χ1v) is 5.58. The molecule has 1 rings (SSSR count). The highest BCUT2D eigenvalue weighted by molar-refractivity contribution is 9.09. The lowest BCUT2D eigenvalue weighted by molar-refractivity contribution is -0.131. The highest BCUT2D eigenvalue weighted by Gasteiger charge is 2.11. The molecule has 16 heavy (non-hydrogen) atoms. The molecule has 3 nitrogen and oxygen atoms in total. The Morgan fingerprint density at radius 1 is 1.44 bits per heavy atom. The topological polar surface area (TPSA) is 54.4 Å². The molecule has 0 bridgehead atoms. The number of benzene rings is 1. The number of ketones is 1. The van der Waals surface area contributed by atoms with Gasteiger partial charge in [-0.1, -0.05) is 40.2 Å². The molecule has 1 aromatic rings. The monoisotopic (exact) mass is 282 g/mol. The Morgan fingerprint density at radius 3 is 2.69 bits per heavy atom. The van der Waals surface area contributed by atoms with Crippen molar-refractivity contribution >= 4 is 33.8 Å². The van der Waals surface area contributed by atoms with Crippen LogP contribution in [0.3, 0.4) is 0 Å². The minimum Gasteiger partial charge on any atom is -0.478 e. The molecule has 0 saturated carbocycles. The zero-order chi connectivity index (χ0) is 12.1. The molecule has 0 aliphatic heterocycles. The molecular weight excluding hydrogens is 272 g/mol. The van der Waals surface area contributed by atoms with Crippen LogP contribution in [0.25, 0.3) is 6.08 Å². The second-order valence-corrected chi connectivity index (χ2v) is 4.23. The van der Waals surface area contributed by atoms with E-state index < -0.39 is 5.97 Å². The Labute approximate surface area is 102 Å². The van der Waals surface area contributed by atoms with Crippen LogP contribution >= 0.6 is 15.9 Å². The predicted octanol–water partition coefficient (Wildman–Crippen LogP) is 2.81. The number of halogens is 1. The average Bonchev–Trinajstić information content (AvgIpc) is 2.25. The van der Waals surface area contributed by atoms with Crippen LogP contribution in [0.15, 0.2) is 30.3 Å². The number of Topliss-reactive ketones (excluding diaryl/α,β-unsaturated/α-hetero) is 1. The van der Waals surface area contributed by atoms with Crippen molar-refractivity contribution in [2.45, 2.75) is 11.8 Å². The predicted molar refractivity (Wildman–Crippen MR) is 65.5 cm³/mol. The molecular formula is C12H11BrO3. The summed E-state index contributed by atoms with van der Waals surface area (Å²) < 4.78 is 0. The molecule has 0 radical (unpaired) electrons. The smallest absolute Gasteiger partial charge is 0.328 e. The van der Waals surface area contributed by atoms with Gasteiger partial charge in [-0.3, -0.25) is 4.79 Å². The fourth-order valence-corrected chi connectivity index (χ4v) is 1.51. The van der Waals surface area contributed by atoms with Gasteiger partial charge in [0, 0.05) is 6.08 Å². The number of hydrogen-bond donors (Lipinski definition) is 1. The molecule has 1 N–H and O–H groups in total. The Bertz CT molecular complexity index is 438. The van der Waals surface area contributed by atoms with Gasteiger partial charge in [0.25, 0.3) is 0 Å². The van der Waals surface area contributed by atoms with Crippen LogP contribution in [0, 0.1) is 0 Å². The van der Waals surface area contributed by atoms with Crippen molar-refractivity contribution in [3.63, 3.8) is 0 Å². The van der Waals surface area contributed by atoms with Crippen LogP contribution in [0.1, 0.15) is 22.9 Å². The van der Waals surface area contributed by atoms with Crippen LogP contribution < -0.4 is 0 Å². The molecule has 84 valence electrons. The van der Waals surface area contributed by atoms with Crippen molar-refractivity contribution in [2.24, 2.45) is 0 Å². The third kappa shape index (κ3) is 3.62. The molecule has 1 unspecified atom stereocenters. The normalized spacial score (nSPS) is 12.6. The molecule has 0 aliphatic rings. The molecule has 0 aromatic heterocycles. The van der Waals surface area contributed by atoms with Gasteiger partial charge in [-0.2, -0.15) is 0 Å². The maximum Gasteiger partial charge on any atom is 0.328 e. The summed E-state index contributed by atoms with van der Waals surface area (Å²) in [6, 6.07) is 7.16. The number of carbonyl (C=O) groups excluding carboxylic acids is 1. The number of carboxylic acid groups (broad SMARTS) is 1. The molecule has 0 spiro atoms. The summed E-state index contributed by atoms with van der Waals surface area (Å²) >= 11 is 3.27. The van der Waals surface area contributed by atoms with Crippen LogP contribution in [-0.4, -0.2) is 16.9 Å². The van der Waals surface area contributed by atoms with Crippen LogP contribution in [0.4, 0.5) is 0 Å². The summed E-state index contributed by atoms with van der Waals surface area (Å²) in [5.74, 6) is -0.980. The summed E-state index contributed by atoms with van der Waals surface area (Å²) in [6.45, 7) is 1.50. The quantitative estimate of drug-likeness (QED) is 0.683. The van der Waals surface area contributed by atoms with E-state index in [-0.39, 0.29) is 10.6 Å². The number of aliphatic carboxylic acids is 1. The van der Waals surface area contributed by atoms with E-state index >= 15 is 0 Å². The fourth-order valence-electron chi connectivity index (χ4n) is 1.22. The third-order valence-corrected chi connectivity index (χ3v) is 3.15. The van der Waals surface area contributed by atoms with E-state index in [1.807, 2.05) is 6.07 Å². The van der Waals surface area contributed by atoms with Crippen molar-refractivity contribution in [2.75, 3.05) is 0 Å². The molecule has 0 fully saturated rings. The molecule has 0 amide bonds. The fraction of sp³-hybridized carbons (Fsp3) is 0.167. The second kappa shape index (κ2) is 5.61. The molecule has 0 saturated heterocycles. The van der Waals surface area contributed by atoms with E-state index in [4.69, 9.17) is 5.11 Å². The van der Waals surface area contributed by atoms with E-state index in [9.17, 15) is 9.59 Å². The van der Waals surface area contributed by atoms with Crippen molar-refractivity contribution < 1.29 is 14.7 Å². The number of rotatable bonds is 4. The van der Waals surface area contributed by atoms with Gasteiger partial charge in [0.1, 0.15) is 5.78 Å². The number of carbonyl (C=O) groups is 2. The van der Waals surface area contributed by atoms with E-state index in [2.05, 4.69) is 15.9 Å². The molecule has 1 aromatic carbocycles. The minimum atomic E-state index is -0.993. The lowest BCUT2D eigenvalue weighted by atomic mass is 10.1. The minimum absolute atomic E-state index is 0.0133. The van der Waals surface area contributed by atoms with Gasteiger partial charge in [0.2, 0.25) is 0 Å². The Kier molecular flexibility index (Phi) is 4.43. The number of hydrogen-bond acceptors (Lipinski definition) is 2. The molecule has 1 atom stereocenters. The van der Waals surface area contributed by atoms with Crippen LogP contribution in [0.2, 0.25) is 0 Å². The van der Waals surface area contributed by atoms with E-state index in [1.165, 1.54) is 13.0 Å². The van der Waals surface area contributed by atoms with E-state index in [0.717, 1.165) is 17.2 Å². The lowest BCUT2D eigenvalue weighted by Gasteiger charge is -2.06. The molecule has 0 aliphatic carbocycles. The first-order chi connectivity index (χ1) is 7.50. The SMILES string of the molecule is CC(=O)C(Br)c1cccc(/C=C/C(=O)O)c1. The third-order valence-electron chi connectivity index (χ3n) is 1.98. The van der Waals surface area contributed by atoms with Gasteiger partial charge in [0.15, 0.2) is 0 Å². The highest BCUT2D eigenvalue weighted by Crippen LogP contribution is 2.24. The summed E-state index contributed by atoms with van der Waals surface area (Å²) in [4.78, 5) is 21.2. The van der Waals surface area contributed by atoms with Crippen LogP contribution in [0.5, 0.6) is 0 Å². The number of carboxylic acids is 1. The van der Waals surface area contributed by atoms with Gasteiger partial charge >= 0.3 is 5.97 Å². The lowest BCUT2D eigenvalue weighted by Crippen LogP contribution is -2.00. The Morgan fingerprint density at radius 2 is 2.12 bits per heavy atom. The number of alkyl halides is 1. The zero-order valence-corrected chi connectivity index (χ0v) is 10.3. The molecule has 0 heterocycles. The second-order valence-electron chi connectivity index (χ2n) is 3.31. The van der Waals surface area contributed by atoms with Crippen molar-refractivity contribution in [1.82, 2.24) is 0 Å². The average molecular weight is 283 g/mol. The largest absolute Gasteiger partial charge is 0.478 e.